The lowest BCUT2D eigenvalue weighted by Crippen LogP contribution is -1.98. The molecule has 0 radical (unpaired) electrons. The smallest absolute Gasteiger partial charge is 0.129 e. The molecule has 14 heavy (non-hydrogen) atoms. The summed E-state index contributed by atoms with van der Waals surface area (Å²) in [6, 6.07) is 7.05. The zero-order valence-electron chi connectivity index (χ0n) is 7.81. The Morgan fingerprint density at radius 1 is 1.29 bits per heavy atom. The van der Waals surface area contributed by atoms with Gasteiger partial charge in [0.05, 0.1) is 6.20 Å². The number of phenolic OH excluding ortho intramolecular Hbond substituents is 1. The topological polar surface area (TPSA) is 64.1 Å². The van der Waals surface area contributed by atoms with Crippen LogP contribution in [0.3, 0.4) is 0 Å². The Morgan fingerprint density at radius 3 is 2.57 bits per heavy atom. The fourth-order valence-corrected chi connectivity index (χ4v) is 1.36. The van der Waals surface area contributed by atoms with Crippen molar-refractivity contribution in [1.29, 1.82) is 0 Å². The number of aromatic nitrogens is 2. The van der Waals surface area contributed by atoms with Crippen molar-refractivity contribution < 1.29 is 5.11 Å². The second kappa shape index (κ2) is 3.06. The Morgan fingerprint density at radius 2 is 2.00 bits per heavy atom. The normalized spacial score (nSPS) is 10.4. The van der Waals surface area contributed by atoms with Gasteiger partial charge in [-0.3, -0.25) is 4.68 Å². The maximum atomic E-state index is 9.61. The number of phenols is 1. The van der Waals surface area contributed by atoms with E-state index in [4.69, 9.17) is 5.73 Å². The summed E-state index contributed by atoms with van der Waals surface area (Å²) in [6.07, 6.45) is 1.64. The summed E-state index contributed by atoms with van der Waals surface area (Å²) in [7, 11) is 1.76. The van der Waals surface area contributed by atoms with Gasteiger partial charge >= 0.3 is 0 Å². The van der Waals surface area contributed by atoms with Gasteiger partial charge in [-0.15, -0.1) is 0 Å². The molecule has 4 heteroatoms. The maximum absolute atomic E-state index is 9.61. The molecule has 0 aliphatic carbocycles. The van der Waals surface area contributed by atoms with Crippen LogP contribution in [-0.2, 0) is 7.05 Å². The predicted octanol–water partition coefficient (Wildman–Crippen LogP) is 1.37. The van der Waals surface area contributed by atoms with Crippen LogP contribution < -0.4 is 5.73 Å². The number of hydrogen-bond donors (Lipinski definition) is 2. The molecule has 0 atom stereocenters. The fourth-order valence-electron chi connectivity index (χ4n) is 1.36. The van der Waals surface area contributed by atoms with E-state index in [0.717, 1.165) is 5.56 Å². The third kappa shape index (κ3) is 1.21. The molecule has 2 rings (SSSR count). The van der Waals surface area contributed by atoms with Crippen molar-refractivity contribution >= 4 is 5.82 Å². The van der Waals surface area contributed by atoms with Gasteiger partial charge in [-0.2, -0.15) is 5.10 Å². The van der Waals surface area contributed by atoms with E-state index < -0.39 is 0 Å². The van der Waals surface area contributed by atoms with E-state index in [2.05, 4.69) is 5.10 Å². The van der Waals surface area contributed by atoms with Crippen molar-refractivity contribution in [2.24, 2.45) is 7.05 Å². The standard InChI is InChI=1S/C10H11N3O/c1-13-10(11)8(6-12-13)7-4-2-3-5-9(7)14/h2-6,14H,11H2,1H3. The minimum Gasteiger partial charge on any atom is -0.507 e. The van der Waals surface area contributed by atoms with E-state index >= 15 is 0 Å². The summed E-state index contributed by atoms with van der Waals surface area (Å²) in [5.74, 6) is 0.763. The summed E-state index contributed by atoms with van der Waals surface area (Å²) in [6.45, 7) is 0. The van der Waals surface area contributed by atoms with Crippen molar-refractivity contribution in [3.8, 4) is 16.9 Å². The van der Waals surface area contributed by atoms with Crippen molar-refractivity contribution in [3.05, 3.63) is 30.5 Å². The lowest BCUT2D eigenvalue weighted by Gasteiger charge is -2.02. The first-order valence-electron chi connectivity index (χ1n) is 4.26. The van der Waals surface area contributed by atoms with Crippen LogP contribution >= 0.6 is 0 Å². The Labute approximate surface area is 81.6 Å². The number of para-hydroxylation sites is 1. The number of nitrogens with zero attached hydrogens (tertiary/aromatic N) is 2. The molecule has 0 unspecified atom stereocenters. The highest BCUT2D eigenvalue weighted by molar-refractivity contribution is 5.77. The molecular formula is C10H11N3O. The number of nitrogens with two attached hydrogens (primary N) is 1. The molecular weight excluding hydrogens is 178 g/mol. The second-order valence-corrected chi connectivity index (χ2v) is 3.08. The van der Waals surface area contributed by atoms with Gasteiger partial charge in [0.2, 0.25) is 0 Å². The van der Waals surface area contributed by atoms with Crippen LogP contribution in [-0.4, -0.2) is 14.9 Å². The van der Waals surface area contributed by atoms with E-state index in [1.54, 1.807) is 30.1 Å². The Kier molecular flexibility index (Phi) is 1.89. The largest absolute Gasteiger partial charge is 0.507 e. The molecule has 1 heterocycles. The van der Waals surface area contributed by atoms with Gasteiger partial charge in [0.1, 0.15) is 11.6 Å². The van der Waals surface area contributed by atoms with Crippen LogP contribution in [0.1, 0.15) is 0 Å². The number of rotatable bonds is 1. The monoisotopic (exact) mass is 189 g/mol. The number of anilines is 1. The molecule has 3 N–H and O–H groups in total. The first-order valence-corrected chi connectivity index (χ1v) is 4.26. The predicted molar refractivity (Wildman–Crippen MR) is 54.7 cm³/mol. The summed E-state index contributed by atoms with van der Waals surface area (Å²) in [5.41, 5.74) is 7.25. The van der Waals surface area contributed by atoms with Crippen LogP contribution in [0.5, 0.6) is 5.75 Å². The average molecular weight is 189 g/mol. The second-order valence-electron chi connectivity index (χ2n) is 3.08. The third-order valence-corrected chi connectivity index (χ3v) is 2.18. The summed E-state index contributed by atoms with van der Waals surface area (Å²) in [4.78, 5) is 0. The summed E-state index contributed by atoms with van der Waals surface area (Å²) >= 11 is 0. The first-order chi connectivity index (χ1) is 6.70. The Balaban J connectivity index is 2.60. The molecule has 0 saturated heterocycles. The van der Waals surface area contributed by atoms with Crippen LogP contribution in [0.15, 0.2) is 30.5 Å². The van der Waals surface area contributed by atoms with Crippen molar-refractivity contribution in [2.75, 3.05) is 5.73 Å². The Bertz CT molecular complexity index is 462. The molecule has 4 nitrogen and oxygen atoms in total. The molecule has 0 saturated carbocycles. The van der Waals surface area contributed by atoms with Crippen LogP contribution in [0.4, 0.5) is 5.82 Å². The van der Waals surface area contributed by atoms with Crippen LogP contribution in [0.2, 0.25) is 0 Å². The van der Waals surface area contributed by atoms with E-state index in [1.165, 1.54) is 0 Å². The van der Waals surface area contributed by atoms with Crippen LogP contribution in [0.25, 0.3) is 11.1 Å². The minimum absolute atomic E-state index is 0.215. The first kappa shape index (κ1) is 8.62. The van der Waals surface area contributed by atoms with Gasteiger partial charge in [0.15, 0.2) is 0 Å². The Hall–Kier alpha value is -1.97. The number of nitrogen functional groups attached to an aromatic ring is 1. The van der Waals surface area contributed by atoms with Gasteiger partial charge in [0, 0.05) is 18.2 Å². The zero-order chi connectivity index (χ0) is 10.1. The number of hydrogen-bond acceptors (Lipinski definition) is 3. The number of benzene rings is 1. The molecule has 1 aromatic heterocycles. The molecule has 0 aliphatic rings. The fraction of sp³-hybridized carbons (Fsp3) is 0.100. The molecule has 0 spiro atoms. The van der Waals surface area contributed by atoms with Gasteiger partial charge in [0.25, 0.3) is 0 Å². The highest BCUT2D eigenvalue weighted by atomic mass is 16.3. The summed E-state index contributed by atoms with van der Waals surface area (Å²) in [5, 5.41) is 13.6. The molecule has 0 amide bonds. The van der Waals surface area contributed by atoms with Gasteiger partial charge in [-0.05, 0) is 6.07 Å². The number of aryl methyl sites for hydroxylation is 1. The highest BCUT2D eigenvalue weighted by Gasteiger charge is 2.09. The SMILES string of the molecule is Cn1ncc(-c2ccccc2O)c1N. The summed E-state index contributed by atoms with van der Waals surface area (Å²) < 4.78 is 1.57. The van der Waals surface area contributed by atoms with E-state index in [-0.39, 0.29) is 5.75 Å². The van der Waals surface area contributed by atoms with Crippen molar-refractivity contribution in [3.63, 3.8) is 0 Å². The van der Waals surface area contributed by atoms with Gasteiger partial charge in [-0.25, -0.2) is 0 Å². The van der Waals surface area contributed by atoms with Crippen LogP contribution in [0, 0.1) is 0 Å². The zero-order valence-corrected chi connectivity index (χ0v) is 7.81. The average Bonchev–Trinajstić information content (AvgIpc) is 2.49. The quantitative estimate of drug-likeness (QED) is 0.712. The van der Waals surface area contributed by atoms with Gasteiger partial charge in [-0.1, -0.05) is 18.2 Å². The van der Waals surface area contributed by atoms with Gasteiger partial charge < -0.3 is 10.8 Å². The van der Waals surface area contributed by atoms with E-state index in [0.29, 0.717) is 11.4 Å². The molecule has 0 bridgehead atoms. The maximum Gasteiger partial charge on any atom is 0.129 e. The minimum atomic E-state index is 0.215. The highest BCUT2D eigenvalue weighted by Crippen LogP contribution is 2.31. The number of aromatic hydroxyl groups is 1. The molecule has 1 aromatic carbocycles. The third-order valence-electron chi connectivity index (χ3n) is 2.18. The van der Waals surface area contributed by atoms with E-state index in [9.17, 15) is 5.11 Å². The van der Waals surface area contributed by atoms with E-state index in [1.807, 2.05) is 12.1 Å². The van der Waals surface area contributed by atoms with Crippen molar-refractivity contribution in [1.82, 2.24) is 9.78 Å². The molecule has 72 valence electrons. The molecule has 0 aliphatic heterocycles. The molecule has 2 aromatic rings. The lowest BCUT2D eigenvalue weighted by molar-refractivity contribution is 0.477. The lowest BCUT2D eigenvalue weighted by atomic mass is 10.1. The molecule has 0 fully saturated rings. The van der Waals surface area contributed by atoms with Crippen molar-refractivity contribution in [2.45, 2.75) is 0 Å².